The number of carbonyl (C=O) groups is 1. The highest BCUT2D eigenvalue weighted by molar-refractivity contribution is 7.89. The molecule has 2 aromatic rings. The van der Waals surface area contributed by atoms with Crippen LogP contribution in [0.15, 0.2) is 54.6 Å². The SMILES string of the molecule is CC1COCCN1S(=O)(=O)CCNC(=O)c1ccc(-c2ccccc2)cc1. The lowest BCUT2D eigenvalue weighted by molar-refractivity contribution is 0.0393. The Kier molecular flexibility index (Phi) is 6.26. The van der Waals surface area contributed by atoms with Gasteiger partial charge >= 0.3 is 0 Å². The molecule has 144 valence electrons. The average Bonchev–Trinajstić information content (AvgIpc) is 2.69. The van der Waals surface area contributed by atoms with Gasteiger partial charge in [0.2, 0.25) is 10.0 Å². The summed E-state index contributed by atoms with van der Waals surface area (Å²) in [4.78, 5) is 12.3. The highest BCUT2D eigenvalue weighted by atomic mass is 32.2. The van der Waals surface area contributed by atoms with E-state index in [1.54, 1.807) is 12.1 Å². The van der Waals surface area contributed by atoms with Gasteiger partial charge in [-0.05, 0) is 30.2 Å². The number of carbonyl (C=O) groups excluding carboxylic acids is 1. The predicted molar refractivity (Wildman–Crippen MR) is 105 cm³/mol. The fourth-order valence-electron chi connectivity index (χ4n) is 3.08. The second kappa shape index (κ2) is 8.65. The molecular weight excluding hydrogens is 364 g/mol. The zero-order valence-electron chi connectivity index (χ0n) is 15.3. The number of hydrogen-bond acceptors (Lipinski definition) is 4. The van der Waals surface area contributed by atoms with Gasteiger partial charge in [-0.15, -0.1) is 0 Å². The Balaban J connectivity index is 1.55. The van der Waals surface area contributed by atoms with Crippen LogP contribution in [0, 0.1) is 0 Å². The van der Waals surface area contributed by atoms with Crippen molar-refractivity contribution in [2.45, 2.75) is 13.0 Å². The van der Waals surface area contributed by atoms with E-state index in [2.05, 4.69) is 5.32 Å². The van der Waals surface area contributed by atoms with Crippen LogP contribution in [0.5, 0.6) is 0 Å². The normalized spacial score (nSPS) is 18.2. The Hall–Kier alpha value is -2.22. The lowest BCUT2D eigenvalue weighted by Crippen LogP contribution is -2.49. The zero-order valence-corrected chi connectivity index (χ0v) is 16.1. The fraction of sp³-hybridized carbons (Fsp3) is 0.350. The molecule has 0 bridgehead atoms. The van der Waals surface area contributed by atoms with Crippen LogP contribution in [0.3, 0.4) is 0 Å². The number of ether oxygens (including phenoxy) is 1. The summed E-state index contributed by atoms with van der Waals surface area (Å²) in [6.45, 7) is 3.07. The Morgan fingerprint density at radius 1 is 1.11 bits per heavy atom. The Morgan fingerprint density at radius 2 is 1.78 bits per heavy atom. The van der Waals surface area contributed by atoms with Gasteiger partial charge in [-0.2, -0.15) is 4.31 Å². The molecule has 1 aliphatic rings. The van der Waals surface area contributed by atoms with Crippen LogP contribution in [0.1, 0.15) is 17.3 Å². The van der Waals surface area contributed by atoms with E-state index >= 15 is 0 Å². The molecule has 1 unspecified atom stereocenters. The first-order chi connectivity index (χ1) is 13.0. The molecule has 1 saturated heterocycles. The number of nitrogens with one attached hydrogen (secondary N) is 1. The van der Waals surface area contributed by atoms with Crippen LogP contribution in [0.25, 0.3) is 11.1 Å². The van der Waals surface area contributed by atoms with E-state index in [0.29, 0.717) is 25.3 Å². The number of hydrogen-bond donors (Lipinski definition) is 1. The van der Waals surface area contributed by atoms with Crippen LogP contribution in [-0.2, 0) is 14.8 Å². The maximum absolute atomic E-state index is 12.4. The molecule has 0 radical (unpaired) electrons. The van der Waals surface area contributed by atoms with Gasteiger partial charge < -0.3 is 10.1 Å². The summed E-state index contributed by atoms with van der Waals surface area (Å²) < 4.78 is 31.6. The average molecular weight is 388 g/mol. The van der Waals surface area contributed by atoms with E-state index in [1.165, 1.54) is 4.31 Å². The molecule has 6 nitrogen and oxygen atoms in total. The molecule has 7 heteroatoms. The third kappa shape index (κ3) is 4.94. The van der Waals surface area contributed by atoms with E-state index in [1.807, 2.05) is 49.4 Å². The number of benzene rings is 2. The number of rotatable bonds is 6. The van der Waals surface area contributed by atoms with Gasteiger partial charge in [-0.3, -0.25) is 4.79 Å². The molecule has 1 fully saturated rings. The van der Waals surface area contributed by atoms with E-state index in [0.717, 1.165) is 11.1 Å². The van der Waals surface area contributed by atoms with Crippen LogP contribution in [0.2, 0.25) is 0 Å². The van der Waals surface area contributed by atoms with Crippen LogP contribution < -0.4 is 5.32 Å². The number of sulfonamides is 1. The minimum absolute atomic E-state index is 0.0751. The van der Waals surface area contributed by atoms with Crippen LogP contribution in [-0.4, -0.2) is 56.7 Å². The maximum atomic E-state index is 12.4. The van der Waals surface area contributed by atoms with Gasteiger partial charge in [0.05, 0.1) is 19.0 Å². The number of amides is 1. The van der Waals surface area contributed by atoms with E-state index in [9.17, 15) is 13.2 Å². The standard InChI is InChI=1S/C20H24N2O4S/c1-16-15-26-13-12-22(16)27(24,25)14-11-21-20(23)19-9-7-18(8-10-19)17-5-3-2-4-6-17/h2-10,16H,11-15H2,1H3,(H,21,23). The first-order valence-corrected chi connectivity index (χ1v) is 10.6. The number of nitrogens with zero attached hydrogens (tertiary/aromatic N) is 1. The molecule has 1 atom stereocenters. The number of morpholine rings is 1. The van der Waals surface area contributed by atoms with E-state index < -0.39 is 10.0 Å². The summed E-state index contributed by atoms with van der Waals surface area (Å²) in [5.41, 5.74) is 2.61. The van der Waals surface area contributed by atoms with Crippen molar-refractivity contribution in [3.05, 3.63) is 60.2 Å². The van der Waals surface area contributed by atoms with E-state index in [4.69, 9.17) is 4.74 Å². The topological polar surface area (TPSA) is 75.7 Å². The Morgan fingerprint density at radius 3 is 2.44 bits per heavy atom. The van der Waals surface area contributed by atoms with Crippen molar-refractivity contribution >= 4 is 15.9 Å². The van der Waals surface area contributed by atoms with Crippen molar-refractivity contribution in [1.29, 1.82) is 0 Å². The molecule has 0 aromatic heterocycles. The molecule has 0 spiro atoms. The highest BCUT2D eigenvalue weighted by Gasteiger charge is 2.29. The summed E-state index contributed by atoms with van der Waals surface area (Å²) in [6.07, 6.45) is 0. The van der Waals surface area contributed by atoms with Gasteiger partial charge in [-0.25, -0.2) is 8.42 Å². The van der Waals surface area contributed by atoms with Crippen LogP contribution >= 0.6 is 0 Å². The largest absolute Gasteiger partial charge is 0.378 e. The van der Waals surface area contributed by atoms with Gasteiger partial charge in [0.15, 0.2) is 0 Å². The van der Waals surface area contributed by atoms with Gasteiger partial charge in [0, 0.05) is 24.7 Å². The Labute approximate surface area is 160 Å². The van der Waals surface area contributed by atoms with Gasteiger partial charge in [0.25, 0.3) is 5.91 Å². The molecular formula is C20H24N2O4S. The van der Waals surface area contributed by atoms with Gasteiger partial charge in [-0.1, -0.05) is 42.5 Å². The minimum Gasteiger partial charge on any atom is -0.378 e. The summed E-state index contributed by atoms with van der Waals surface area (Å²) in [5, 5.41) is 2.69. The monoisotopic (exact) mass is 388 g/mol. The molecule has 1 aliphatic heterocycles. The molecule has 1 amide bonds. The first-order valence-electron chi connectivity index (χ1n) is 8.98. The quantitative estimate of drug-likeness (QED) is 0.823. The fourth-order valence-corrected chi connectivity index (χ4v) is 4.64. The molecule has 0 saturated carbocycles. The molecule has 2 aromatic carbocycles. The third-order valence-electron chi connectivity index (χ3n) is 4.56. The second-order valence-electron chi connectivity index (χ2n) is 6.55. The van der Waals surface area contributed by atoms with Crippen LogP contribution in [0.4, 0.5) is 0 Å². The third-order valence-corrected chi connectivity index (χ3v) is 6.54. The van der Waals surface area contributed by atoms with Crippen molar-refractivity contribution in [2.75, 3.05) is 32.1 Å². The van der Waals surface area contributed by atoms with Crippen molar-refractivity contribution in [3.8, 4) is 11.1 Å². The summed E-state index contributed by atoms with van der Waals surface area (Å²) >= 11 is 0. The van der Waals surface area contributed by atoms with E-state index in [-0.39, 0.29) is 24.2 Å². The van der Waals surface area contributed by atoms with Gasteiger partial charge in [0.1, 0.15) is 0 Å². The molecule has 1 heterocycles. The molecule has 0 aliphatic carbocycles. The van der Waals surface area contributed by atoms with Crippen molar-refractivity contribution in [1.82, 2.24) is 9.62 Å². The maximum Gasteiger partial charge on any atom is 0.251 e. The van der Waals surface area contributed by atoms with Crippen molar-refractivity contribution in [3.63, 3.8) is 0 Å². The second-order valence-corrected chi connectivity index (χ2v) is 8.59. The Bertz CT molecular complexity index is 867. The van der Waals surface area contributed by atoms with Crippen molar-refractivity contribution in [2.24, 2.45) is 0 Å². The van der Waals surface area contributed by atoms with Crippen molar-refractivity contribution < 1.29 is 17.9 Å². The summed E-state index contributed by atoms with van der Waals surface area (Å²) in [6, 6.07) is 17.0. The minimum atomic E-state index is -3.41. The zero-order chi connectivity index (χ0) is 19.3. The predicted octanol–water partition coefficient (Wildman–Crippen LogP) is 2.13. The highest BCUT2D eigenvalue weighted by Crippen LogP contribution is 2.19. The first kappa shape index (κ1) is 19.5. The smallest absolute Gasteiger partial charge is 0.251 e. The molecule has 27 heavy (non-hydrogen) atoms. The molecule has 1 N–H and O–H groups in total. The lowest BCUT2D eigenvalue weighted by Gasteiger charge is -2.32. The summed E-state index contributed by atoms with van der Waals surface area (Å²) in [5.74, 6) is -0.398. The lowest BCUT2D eigenvalue weighted by atomic mass is 10.0. The summed E-state index contributed by atoms with van der Waals surface area (Å²) in [7, 11) is -3.41. The molecule has 3 rings (SSSR count).